The van der Waals surface area contributed by atoms with Gasteiger partial charge in [0.2, 0.25) is 21.8 Å². The van der Waals surface area contributed by atoms with Crippen LogP contribution < -0.4 is 4.72 Å². The highest BCUT2D eigenvalue weighted by molar-refractivity contribution is 7.90. The smallest absolute Gasteiger partial charge is 0.238 e. The minimum Gasteiger partial charge on any atom is -0.342 e. The molecule has 1 aliphatic heterocycles. The van der Waals surface area contributed by atoms with Crippen LogP contribution >= 0.6 is 0 Å². The zero-order chi connectivity index (χ0) is 14.9. The van der Waals surface area contributed by atoms with Gasteiger partial charge >= 0.3 is 0 Å². The Hall–Kier alpha value is -1.11. The molecule has 1 N–H and O–H groups in total. The van der Waals surface area contributed by atoms with Gasteiger partial charge in [0, 0.05) is 19.0 Å². The van der Waals surface area contributed by atoms with E-state index >= 15 is 0 Å². The maximum atomic E-state index is 12.0. The average Bonchev–Trinajstić information content (AvgIpc) is 3.21. The molecule has 114 valence electrons. The van der Waals surface area contributed by atoms with Crippen LogP contribution in [0.3, 0.4) is 0 Å². The van der Waals surface area contributed by atoms with E-state index in [-0.39, 0.29) is 11.8 Å². The number of nitrogens with one attached hydrogen (secondary N) is 1. The van der Waals surface area contributed by atoms with Gasteiger partial charge in [-0.2, -0.15) is 0 Å². The largest absolute Gasteiger partial charge is 0.342 e. The molecule has 1 heterocycles. The molecule has 2 aliphatic rings. The molecule has 0 radical (unpaired) electrons. The topological polar surface area (TPSA) is 83.6 Å². The van der Waals surface area contributed by atoms with E-state index in [1.165, 1.54) is 13.8 Å². The highest BCUT2D eigenvalue weighted by atomic mass is 32.2. The number of carbonyl (C=O) groups excluding carboxylic acids is 2. The predicted octanol–water partition coefficient (Wildman–Crippen LogP) is 0.489. The number of hydrogen-bond acceptors (Lipinski definition) is 4. The van der Waals surface area contributed by atoms with Crippen LogP contribution in [0, 0.1) is 11.8 Å². The first-order valence-corrected chi connectivity index (χ1v) is 8.70. The van der Waals surface area contributed by atoms with Crippen LogP contribution in [-0.2, 0) is 19.6 Å². The van der Waals surface area contributed by atoms with Crippen molar-refractivity contribution in [3.05, 3.63) is 0 Å². The lowest BCUT2D eigenvalue weighted by molar-refractivity contribution is -0.136. The fourth-order valence-electron chi connectivity index (χ4n) is 2.32. The average molecular weight is 302 g/mol. The highest BCUT2D eigenvalue weighted by Gasteiger charge is 2.37. The van der Waals surface area contributed by atoms with E-state index in [0.29, 0.717) is 19.5 Å². The number of sulfonamides is 1. The van der Waals surface area contributed by atoms with Crippen LogP contribution in [0.5, 0.6) is 0 Å². The first kappa shape index (κ1) is 15.3. The first-order chi connectivity index (χ1) is 9.31. The third kappa shape index (κ3) is 3.50. The van der Waals surface area contributed by atoms with Crippen molar-refractivity contribution in [1.29, 1.82) is 0 Å². The van der Waals surface area contributed by atoms with Gasteiger partial charge in [0.25, 0.3) is 0 Å². The summed E-state index contributed by atoms with van der Waals surface area (Å²) in [5.41, 5.74) is 0. The summed E-state index contributed by atoms with van der Waals surface area (Å²) in [5.74, 6) is -0.641. The molecule has 2 amide bonds. The second-order valence-electron chi connectivity index (χ2n) is 5.96. The van der Waals surface area contributed by atoms with Crippen LogP contribution in [0.4, 0.5) is 0 Å². The Morgan fingerprint density at radius 1 is 1.15 bits per heavy atom. The molecule has 0 bridgehead atoms. The second kappa shape index (κ2) is 5.71. The molecule has 1 aliphatic carbocycles. The normalized spacial score (nSPS) is 23.8. The van der Waals surface area contributed by atoms with Gasteiger partial charge in [-0.25, -0.2) is 8.42 Å². The number of carbonyl (C=O) groups is 2. The number of hydrogen-bond donors (Lipinski definition) is 1. The standard InChI is InChI=1S/C13H22N2O4S/c1-9(2)20(18,19)14-12(16)11-4-3-7-15(8-11)13(17)10-5-6-10/h9-11H,3-8H2,1-2H3,(H,14,16). The summed E-state index contributed by atoms with van der Waals surface area (Å²) in [6, 6.07) is 0. The maximum absolute atomic E-state index is 12.0. The molecule has 1 unspecified atom stereocenters. The van der Waals surface area contributed by atoms with E-state index in [2.05, 4.69) is 4.72 Å². The Morgan fingerprint density at radius 3 is 2.35 bits per heavy atom. The van der Waals surface area contributed by atoms with Crippen LogP contribution in [0.15, 0.2) is 0 Å². The molecule has 7 heteroatoms. The number of likely N-dealkylation sites (tertiary alicyclic amines) is 1. The Kier molecular flexibility index (Phi) is 4.36. The molecule has 1 saturated heterocycles. The molecule has 2 rings (SSSR count). The summed E-state index contributed by atoms with van der Waals surface area (Å²) in [7, 11) is -3.59. The fourth-order valence-corrected chi connectivity index (χ4v) is 3.00. The van der Waals surface area contributed by atoms with Crippen molar-refractivity contribution in [2.24, 2.45) is 11.8 Å². The van der Waals surface area contributed by atoms with Gasteiger partial charge in [0.15, 0.2) is 0 Å². The summed E-state index contributed by atoms with van der Waals surface area (Å²) >= 11 is 0. The van der Waals surface area contributed by atoms with E-state index in [9.17, 15) is 18.0 Å². The summed E-state index contributed by atoms with van der Waals surface area (Å²) in [5, 5.41) is -0.640. The van der Waals surface area contributed by atoms with Crippen molar-refractivity contribution in [2.75, 3.05) is 13.1 Å². The third-order valence-electron chi connectivity index (χ3n) is 3.89. The Bertz CT molecular complexity index is 497. The zero-order valence-corrected chi connectivity index (χ0v) is 12.8. The van der Waals surface area contributed by atoms with E-state index in [4.69, 9.17) is 0 Å². The molecule has 0 spiro atoms. The predicted molar refractivity (Wildman–Crippen MR) is 74.2 cm³/mol. The molecule has 1 saturated carbocycles. The second-order valence-corrected chi connectivity index (χ2v) is 8.19. The third-order valence-corrected chi connectivity index (χ3v) is 5.62. The highest BCUT2D eigenvalue weighted by Crippen LogP contribution is 2.32. The number of amides is 2. The summed E-state index contributed by atoms with van der Waals surface area (Å²) in [4.78, 5) is 25.8. The lowest BCUT2D eigenvalue weighted by atomic mass is 9.97. The van der Waals surface area contributed by atoms with Gasteiger partial charge in [-0.1, -0.05) is 0 Å². The molecule has 20 heavy (non-hydrogen) atoms. The number of rotatable bonds is 4. The van der Waals surface area contributed by atoms with Gasteiger partial charge in [-0.05, 0) is 39.5 Å². The quantitative estimate of drug-likeness (QED) is 0.819. The van der Waals surface area contributed by atoms with Crippen molar-refractivity contribution in [3.8, 4) is 0 Å². The Labute approximate surface area is 120 Å². The lowest BCUT2D eigenvalue weighted by Crippen LogP contribution is -2.48. The van der Waals surface area contributed by atoms with Gasteiger partial charge < -0.3 is 4.90 Å². The molecule has 6 nitrogen and oxygen atoms in total. The van der Waals surface area contributed by atoms with Crippen molar-refractivity contribution in [2.45, 2.75) is 44.8 Å². The molecular formula is C13H22N2O4S. The molecule has 0 aromatic rings. The Balaban J connectivity index is 1.94. The van der Waals surface area contributed by atoms with Gasteiger partial charge in [-0.3, -0.25) is 14.3 Å². The van der Waals surface area contributed by atoms with E-state index in [0.717, 1.165) is 19.3 Å². The van der Waals surface area contributed by atoms with Crippen molar-refractivity contribution >= 4 is 21.8 Å². The van der Waals surface area contributed by atoms with E-state index in [1.807, 2.05) is 0 Å². The molecule has 0 aromatic heterocycles. The number of nitrogens with zero attached hydrogens (tertiary/aromatic N) is 1. The number of piperidine rings is 1. The van der Waals surface area contributed by atoms with Gasteiger partial charge in [-0.15, -0.1) is 0 Å². The minimum atomic E-state index is -3.59. The van der Waals surface area contributed by atoms with Crippen molar-refractivity contribution < 1.29 is 18.0 Å². The van der Waals surface area contributed by atoms with Crippen LogP contribution in [-0.4, -0.2) is 43.5 Å². The van der Waals surface area contributed by atoms with Gasteiger partial charge in [0.1, 0.15) is 0 Å². The van der Waals surface area contributed by atoms with Crippen LogP contribution in [0.2, 0.25) is 0 Å². The Morgan fingerprint density at radius 2 is 1.80 bits per heavy atom. The van der Waals surface area contributed by atoms with E-state index < -0.39 is 27.1 Å². The molecular weight excluding hydrogens is 280 g/mol. The van der Waals surface area contributed by atoms with E-state index in [1.54, 1.807) is 4.90 Å². The lowest BCUT2D eigenvalue weighted by Gasteiger charge is -2.32. The van der Waals surface area contributed by atoms with Crippen molar-refractivity contribution in [1.82, 2.24) is 9.62 Å². The van der Waals surface area contributed by atoms with Crippen LogP contribution in [0.1, 0.15) is 39.5 Å². The summed E-state index contributed by atoms with van der Waals surface area (Å²) in [6.07, 6.45) is 3.26. The van der Waals surface area contributed by atoms with Crippen LogP contribution in [0.25, 0.3) is 0 Å². The summed E-state index contributed by atoms with van der Waals surface area (Å²) < 4.78 is 25.5. The van der Waals surface area contributed by atoms with Crippen molar-refractivity contribution in [3.63, 3.8) is 0 Å². The zero-order valence-electron chi connectivity index (χ0n) is 12.0. The monoisotopic (exact) mass is 302 g/mol. The maximum Gasteiger partial charge on any atom is 0.238 e. The minimum absolute atomic E-state index is 0.120. The summed E-state index contributed by atoms with van der Waals surface area (Å²) in [6.45, 7) is 4.07. The molecule has 2 fully saturated rings. The SMILES string of the molecule is CC(C)S(=O)(=O)NC(=O)C1CCCN(C(=O)C2CC2)C1. The molecule has 1 atom stereocenters. The molecule has 0 aromatic carbocycles. The first-order valence-electron chi connectivity index (χ1n) is 7.15. The fraction of sp³-hybridized carbons (Fsp3) is 0.846. The van der Waals surface area contributed by atoms with Gasteiger partial charge in [0.05, 0.1) is 11.2 Å².